The Kier molecular flexibility index (Phi) is 2.91. The Bertz CT molecular complexity index is 619. The average Bonchev–Trinajstić information content (AvgIpc) is 2.95. The first-order valence-corrected chi connectivity index (χ1v) is 6.28. The van der Waals surface area contributed by atoms with Crippen LogP contribution >= 0.6 is 0 Å². The van der Waals surface area contributed by atoms with Crippen LogP contribution in [0.15, 0.2) is 18.2 Å². The van der Waals surface area contributed by atoms with Gasteiger partial charge < -0.3 is 14.8 Å². The van der Waals surface area contributed by atoms with E-state index in [9.17, 15) is 0 Å². The van der Waals surface area contributed by atoms with Gasteiger partial charge in [-0.25, -0.2) is 0 Å². The summed E-state index contributed by atoms with van der Waals surface area (Å²) in [5.41, 5.74) is 4.47. The maximum absolute atomic E-state index is 5.43. The highest BCUT2D eigenvalue weighted by molar-refractivity contribution is 5.68. The lowest BCUT2D eigenvalue weighted by Gasteiger charge is -2.05. The van der Waals surface area contributed by atoms with Gasteiger partial charge in [-0.1, -0.05) is 0 Å². The molecule has 3 rings (SSSR count). The molecule has 100 valence electrons. The van der Waals surface area contributed by atoms with Crippen LogP contribution in [-0.4, -0.2) is 23.6 Å². The molecule has 5 nitrogen and oxygen atoms in total. The van der Waals surface area contributed by atoms with E-state index >= 15 is 0 Å². The summed E-state index contributed by atoms with van der Waals surface area (Å²) in [6, 6.07) is 6.00. The van der Waals surface area contributed by atoms with Gasteiger partial charge in [-0.3, -0.25) is 4.68 Å². The summed E-state index contributed by atoms with van der Waals surface area (Å²) in [5, 5.41) is 7.69. The largest absolute Gasteiger partial charge is 0.454 e. The number of aryl methyl sites for hydroxylation is 1. The van der Waals surface area contributed by atoms with Gasteiger partial charge in [-0.05, 0) is 37.7 Å². The molecule has 1 N–H and O–H groups in total. The average molecular weight is 259 g/mol. The van der Waals surface area contributed by atoms with E-state index in [0.717, 1.165) is 35.0 Å². The van der Waals surface area contributed by atoms with Crippen molar-refractivity contribution in [2.24, 2.45) is 7.05 Å². The van der Waals surface area contributed by atoms with Crippen LogP contribution < -0.4 is 14.8 Å². The van der Waals surface area contributed by atoms with Gasteiger partial charge in [0.05, 0.1) is 11.4 Å². The molecule has 19 heavy (non-hydrogen) atoms. The van der Waals surface area contributed by atoms with Crippen molar-refractivity contribution in [1.29, 1.82) is 0 Å². The molecule has 1 aromatic heterocycles. The minimum absolute atomic E-state index is 0.300. The fraction of sp³-hybridized carbons (Fsp3) is 0.357. The molecule has 0 saturated heterocycles. The first-order valence-electron chi connectivity index (χ1n) is 6.28. The third kappa shape index (κ3) is 1.96. The summed E-state index contributed by atoms with van der Waals surface area (Å²) in [7, 11) is 3.89. The van der Waals surface area contributed by atoms with Crippen molar-refractivity contribution in [2.45, 2.75) is 13.5 Å². The lowest BCUT2D eigenvalue weighted by molar-refractivity contribution is 0.174. The molecule has 5 heteroatoms. The smallest absolute Gasteiger partial charge is 0.231 e. The second-order valence-electron chi connectivity index (χ2n) is 4.64. The molecule has 0 unspecified atom stereocenters. The molecule has 0 radical (unpaired) electrons. The number of benzene rings is 1. The number of nitrogens with one attached hydrogen (secondary N) is 1. The molecule has 0 bridgehead atoms. The highest BCUT2D eigenvalue weighted by Gasteiger charge is 2.18. The van der Waals surface area contributed by atoms with Crippen molar-refractivity contribution < 1.29 is 9.47 Å². The van der Waals surface area contributed by atoms with Gasteiger partial charge in [0.1, 0.15) is 0 Å². The summed E-state index contributed by atoms with van der Waals surface area (Å²) < 4.78 is 12.7. The van der Waals surface area contributed by atoms with Crippen molar-refractivity contribution >= 4 is 0 Å². The van der Waals surface area contributed by atoms with Gasteiger partial charge in [0.2, 0.25) is 6.79 Å². The molecule has 2 heterocycles. The molecule has 1 aliphatic rings. The molecule has 1 aliphatic heterocycles. The van der Waals surface area contributed by atoms with Gasteiger partial charge in [-0.15, -0.1) is 0 Å². The summed E-state index contributed by atoms with van der Waals surface area (Å²) >= 11 is 0. The second kappa shape index (κ2) is 4.59. The molecule has 2 aromatic rings. The van der Waals surface area contributed by atoms with Crippen molar-refractivity contribution in [3.05, 3.63) is 29.5 Å². The Morgan fingerprint density at radius 3 is 2.89 bits per heavy atom. The minimum Gasteiger partial charge on any atom is -0.454 e. The van der Waals surface area contributed by atoms with Gasteiger partial charge in [0, 0.05) is 19.2 Å². The van der Waals surface area contributed by atoms with Crippen LogP contribution in [0.3, 0.4) is 0 Å². The Morgan fingerprint density at radius 2 is 2.11 bits per heavy atom. The van der Waals surface area contributed by atoms with Crippen LogP contribution in [0.1, 0.15) is 11.3 Å². The third-order valence-electron chi connectivity index (χ3n) is 3.37. The van der Waals surface area contributed by atoms with Gasteiger partial charge >= 0.3 is 0 Å². The SMILES string of the molecule is CNCc1nn(C)c(-c2ccc3c(c2)OCO3)c1C. The van der Waals surface area contributed by atoms with Crippen LogP contribution in [0, 0.1) is 6.92 Å². The molecule has 0 atom stereocenters. The first-order chi connectivity index (χ1) is 9.20. The summed E-state index contributed by atoms with van der Waals surface area (Å²) in [6.45, 7) is 3.16. The quantitative estimate of drug-likeness (QED) is 0.913. The van der Waals surface area contributed by atoms with Crippen molar-refractivity contribution in [3.63, 3.8) is 0 Å². The monoisotopic (exact) mass is 259 g/mol. The predicted molar refractivity (Wildman–Crippen MR) is 72.3 cm³/mol. The normalized spacial score (nSPS) is 13.0. The van der Waals surface area contributed by atoms with Crippen molar-refractivity contribution in [1.82, 2.24) is 15.1 Å². The summed E-state index contributed by atoms with van der Waals surface area (Å²) in [4.78, 5) is 0. The van der Waals surface area contributed by atoms with Crippen LogP contribution in [0.2, 0.25) is 0 Å². The van der Waals surface area contributed by atoms with E-state index in [1.807, 2.05) is 37.0 Å². The predicted octanol–water partition coefficient (Wildman–Crippen LogP) is 1.84. The second-order valence-corrected chi connectivity index (χ2v) is 4.64. The van der Waals surface area contributed by atoms with Crippen LogP contribution in [0.4, 0.5) is 0 Å². The maximum Gasteiger partial charge on any atom is 0.231 e. The van der Waals surface area contributed by atoms with E-state index in [1.165, 1.54) is 5.56 Å². The highest BCUT2D eigenvalue weighted by atomic mass is 16.7. The standard InChI is InChI=1S/C14H17N3O2/c1-9-11(7-15-2)16-17(3)14(9)10-4-5-12-13(6-10)19-8-18-12/h4-6,15H,7-8H2,1-3H3. The fourth-order valence-electron chi connectivity index (χ4n) is 2.47. The van der Waals surface area contributed by atoms with E-state index in [4.69, 9.17) is 9.47 Å². The van der Waals surface area contributed by atoms with E-state index in [2.05, 4.69) is 17.3 Å². The van der Waals surface area contributed by atoms with E-state index in [0.29, 0.717) is 6.79 Å². The van der Waals surface area contributed by atoms with Gasteiger partial charge in [0.25, 0.3) is 0 Å². The number of hydrogen-bond donors (Lipinski definition) is 1. The van der Waals surface area contributed by atoms with Crippen LogP contribution in [0.5, 0.6) is 11.5 Å². The summed E-state index contributed by atoms with van der Waals surface area (Å²) in [6.07, 6.45) is 0. The van der Waals surface area contributed by atoms with E-state index in [-0.39, 0.29) is 0 Å². The number of ether oxygens (including phenoxy) is 2. The number of nitrogens with zero attached hydrogens (tertiary/aromatic N) is 2. The lowest BCUT2D eigenvalue weighted by Crippen LogP contribution is -2.06. The molecular weight excluding hydrogens is 242 g/mol. The molecule has 0 spiro atoms. The van der Waals surface area contributed by atoms with E-state index in [1.54, 1.807) is 0 Å². The number of aromatic nitrogens is 2. The molecule has 0 fully saturated rings. The Morgan fingerprint density at radius 1 is 1.32 bits per heavy atom. The van der Waals surface area contributed by atoms with E-state index < -0.39 is 0 Å². The third-order valence-corrected chi connectivity index (χ3v) is 3.37. The molecule has 0 amide bonds. The zero-order chi connectivity index (χ0) is 13.4. The number of hydrogen-bond acceptors (Lipinski definition) is 4. The lowest BCUT2D eigenvalue weighted by atomic mass is 10.1. The highest BCUT2D eigenvalue weighted by Crippen LogP contribution is 2.37. The topological polar surface area (TPSA) is 48.3 Å². The molecule has 0 saturated carbocycles. The zero-order valence-electron chi connectivity index (χ0n) is 11.4. The fourth-order valence-corrected chi connectivity index (χ4v) is 2.47. The first kappa shape index (κ1) is 12.0. The molecular formula is C14H17N3O2. The minimum atomic E-state index is 0.300. The van der Waals surface area contributed by atoms with Crippen LogP contribution in [-0.2, 0) is 13.6 Å². The Labute approximate surface area is 112 Å². The van der Waals surface area contributed by atoms with Gasteiger partial charge in [0.15, 0.2) is 11.5 Å². The van der Waals surface area contributed by atoms with Crippen molar-refractivity contribution in [3.8, 4) is 22.8 Å². The van der Waals surface area contributed by atoms with Crippen molar-refractivity contribution in [2.75, 3.05) is 13.8 Å². The summed E-state index contributed by atoms with van der Waals surface area (Å²) in [5.74, 6) is 1.60. The maximum atomic E-state index is 5.43. The van der Waals surface area contributed by atoms with Gasteiger partial charge in [-0.2, -0.15) is 5.10 Å². The van der Waals surface area contributed by atoms with Crippen LogP contribution in [0.25, 0.3) is 11.3 Å². The Balaban J connectivity index is 2.07. The Hall–Kier alpha value is -2.01. The number of fused-ring (bicyclic) bond motifs is 1. The molecule has 0 aliphatic carbocycles. The number of rotatable bonds is 3. The zero-order valence-corrected chi connectivity index (χ0v) is 11.4. The molecule has 1 aromatic carbocycles.